The van der Waals surface area contributed by atoms with E-state index in [1.807, 2.05) is 63.2 Å². The van der Waals surface area contributed by atoms with Crippen LogP contribution in [0.25, 0.3) is 21.9 Å². The van der Waals surface area contributed by atoms with E-state index in [4.69, 9.17) is 10.5 Å². The average Bonchev–Trinajstić information content (AvgIpc) is 2.54. The first-order chi connectivity index (χ1) is 11.4. The largest absolute Gasteiger partial charge is 0.471 e. The molecule has 0 spiro atoms. The van der Waals surface area contributed by atoms with Crippen molar-refractivity contribution in [2.45, 2.75) is 26.4 Å². The number of nitriles is 1. The van der Waals surface area contributed by atoms with Crippen LogP contribution in [0.15, 0.2) is 48.7 Å². The molecule has 3 rings (SSSR count). The first-order valence-corrected chi connectivity index (χ1v) is 7.75. The monoisotopic (exact) mass is 317 g/mol. The van der Waals surface area contributed by atoms with E-state index < -0.39 is 0 Å². The van der Waals surface area contributed by atoms with Crippen LogP contribution in [0.2, 0.25) is 0 Å². The third-order valence-electron chi connectivity index (χ3n) is 3.60. The van der Waals surface area contributed by atoms with Crippen molar-refractivity contribution in [1.82, 2.24) is 4.98 Å². The number of nitrogens with two attached hydrogens (primary N) is 1. The predicted molar refractivity (Wildman–Crippen MR) is 96.7 cm³/mol. The zero-order chi connectivity index (χ0) is 17.3. The zero-order valence-corrected chi connectivity index (χ0v) is 14.0. The van der Waals surface area contributed by atoms with Crippen LogP contribution in [0.4, 0.5) is 5.69 Å². The third kappa shape index (κ3) is 3.16. The van der Waals surface area contributed by atoms with Crippen LogP contribution < -0.4 is 10.5 Å². The number of nitrogens with zero attached hydrogens (tertiary/aromatic N) is 2. The van der Waals surface area contributed by atoms with Gasteiger partial charge in [0.15, 0.2) is 0 Å². The Balaban J connectivity index is 2.24. The topological polar surface area (TPSA) is 71.9 Å². The average molecular weight is 317 g/mol. The van der Waals surface area contributed by atoms with Crippen molar-refractivity contribution in [1.29, 1.82) is 5.26 Å². The van der Waals surface area contributed by atoms with Crippen LogP contribution in [-0.2, 0) is 0 Å². The SMILES string of the molecule is CC(C)(C)Oc1ncc(-c2ccc(N)cc2)c2ccc(C#N)cc12. The molecule has 0 aliphatic rings. The Hall–Kier alpha value is -3.06. The fraction of sp³-hybridized carbons (Fsp3) is 0.200. The second-order valence-electron chi connectivity index (χ2n) is 6.69. The maximum atomic E-state index is 9.21. The van der Waals surface area contributed by atoms with Gasteiger partial charge < -0.3 is 10.5 Å². The Morgan fingerprint density at radius 2 is 1.75 bits per heavy atom. The number of fused-ring (bicyclic) bond motifs is 1. The van der Waals surface area contributed by atoms with Crippen molar-refractivity contribution in [3.8, 4) is 23.1 Å². The Labute approximate surface area is 141 Å². The number of pyridine rings is 1. The van der Waals surface area contributed by atoms with Gasteiger partial charge >= 0.3 is 0 Å². The number of ether oxygens (including phenoxy) is 1. The molecule has 2 N–H and O–H groups in total. The van der Waals surface area contributed by atoms with Gasteiger partial charge in [0.25, 0.3) is 0 Å². The van der Waals surface area contributed by atoms with Gasteiger partial charge in [-0.15, -0.1) is 0 Å². The normalized spacial score (nSPS) is 11.2. The molecule has 0 bridgehead atoms. The van der Waals surface area contributed by atoms with Crippen LogP contribution in [-0.4, -0.2) is 10.6 Å². The molecule has 0 saturated heterocycles. The number of nitrogen functional groups attached to an aromatic ring is 1. The summed E-state index contributed by atoms with van der Waals surface area (Å²) in [5.74, 6) is 0.536. The van der Waals surface area contributed by atoms with Crippen molar-refractivity contribution in [2.24, 2.45) is 0 Å². The second kappa shape index (κ2) is 5.86. The van der Waals surface area contributed by atoms with Gasteiger partial charge in [-0.25, -0.2) is 4.98 Å². The Morgan fingerprint density at radius 3 is 2.38 bits per heavy atom. The molecule has 0 atom stereocenters. The molecule has 0 aliphatic heterocycles. The number of rotatable bonds is 2. The highest BCUT2D eigenvalue weighted by Gasteiger charge is 2.17. The fourth-order valence-electron chi connectivity index (χ4n) is 2.55. The zero-order valence-electron chi connectivity index (χ0n) is 14.0. The second-order valence-corrected chi connectivity index (χ2v) is 6.69. The summed E-state index contributed by atoms with van der Waals surface area (Å²) in [4.78, 5) is 4.50. The number of anilines is 1. The molecule has 0 saturated carbocycles. The van der Waals surface area contributed by atoms with Gasteiger partial charge in [0.1, 0.15) is 5.60 Å². The summed E-state index contributed by atoms with van der Waals surface area (Å²) in [7, 11) is 0. The molecule has 0 unspecified atom stereocenters. The number of hydrogen-bond donors (Lipinski definition) is 1. The molecule has 120 valence electrons. The third-order valence-corrected chi connectivity index (χ3v) is 3.60. The van der Waals surface area contributed by atoms with Crippen LogP contribution >= 0.6 is 0 Å². The first kappa shape index (κ1) is 15.8. The van der Waals surface area contributed by atoms with E-state index in [0.717, 1.165) is 27.6 Å². The van der Waals surface area contributed by atoms with Crippen LogP contribution in [0, 0.1) is 11.3 Å². The van der Waals surface area contributed by atoms with E-state index >= 15 is 0 Å². The van der Waals surface area contributed by atoms with Gasteiger partial charge in [-0.05, 0) is 56.0 Å². The summed E-state index contributed by atoms with van der Waals surface area (Å²) < 4.78 is 5.98. The first-order valence-electron chi connectivity index (χ1n) is 7.75. The predicted octanol–water partition coefficient (Wildman–Crippen LogP) is 4.53. The number of benzene rings is 2. The highest BCUT2D eigenvalue weighted by Crippen LogP contribution is 2.34. The molecule has 2 aromatic carbocycles. The highest BCUT2D eigenvalue weighted by atomic mass is 16.5. The van der Waals surface area contributed by atoms with E-state index in [1.54, 1.807) is 6.20 Å². The summed E-state index contributed by atoms with van der Waals surface area (Å²) in [6.45, 7) is 5.92. The van der Waals surface area contributed by atoms with Gasteiger partial charge in [-0.1, -0.05) is 18.2 Å². The molecule has 0 radical (unpaired) electrons. The smallest absolute Gasteiger partial charge is 0.221 e. The Morgan fingerprint density at radius 1 is 1.04 bits per heavy atom. The summed E-state index contributed by atoms with van der Waals surface area (Å²) >= 11 is 0. The molecule has 0 amide bonds. The summed E-state index contributed by atoms with van der Waals surface area (Å²) in [6, 6.07) is 15.4. The molecule has 1 aromatic heterocycles. The standard InChI is InChI=1S/C20H19N3O/c1-20(2,3)24-19-17-10-13(11-21)4-9-16(17)18(12-23-19)14-5-7-15(22)8-6-14/h4-10,12H,22H2,1-3H3. The summed E-state index contributed by atoms with van der Waals surface area (Å²) in [5, 5.41) is 11.0. The lowest BCUT2D eigenvalue weighted by Gasteiger charge is -2.22. The van der Waals surface area contributed by atoms with E-state index in [-0.39, 0.29) is 5.60 Å². The maximum Gasteiger partial charge on any atom is 0.221 e. The van der Waals surface area contributed by atoms with E-state index in [9.17, 15) is 5.26 Å². The van der Waals surface area contributed by atoms with Crippen molar-refractivity contribution < 1.29 is 4.74 Å². The molecule has 4 heteroatoms. The van der Waals surface area contributed by atoms with Gasteiger partial charge in [0.2, 0.25) is 5.88 Å². The quantitative estimate of drug-likeness (QED) is 0.705. The van der Waals surface area contributed by atoms with E-state index in [1.165, 1.54) is 0 Å². The van der Waals surface area contributed by atoms with Crippen molar-refractivity contribution in [2.75, 3.05) is 5.73 Å². The molecule has 4 nitrogen and oxygen atoms in total. The molecule has 0 fully saturated rings. The number of aromatic nitrogens is 1. The van der Waals surface area contributed by atoms with Crippen molar-refractivity contribution in [3.63, 3.8) is 0 Å². The molecular weight excluding hydrogens is 298 g/mol. The summed E-state index contributed by atoms with van der Waals surface area (Å²) in [5.41, 5.74) is 8.71. The van der Waals surface area contributed by atoms with Crippen LogP contribution in [0.3, 0.4) is 0 Å². The molecule has 1 heterocycles. The lowest BCUT2D eigenvalue weighted by Crippen LogP contribution is -2.23. The van der Waals surface area contributed by atoms with Gasteiger partial charge in [-0.2, -0.15) is 5.26 Å². The summed E-state index contributed by atoms with van der Waals surface area (Å²) in [6.07, 6.45) is 1.81. The van der Waals surface area contributed by atoms with Gasteiger partial charge in [0, 0.05) is 22.8 Å². The molecular formula is C20H19N3O. The lowest BCUT2D eigenvalue weighted by molar-refractivity contribution is 0.126. The van der Waals surface area contributed by atoms with Gasteiger partial charge in [0.05, 0.1) is 11.6 Å². The van der Waals surface area contributed by atoms with Crippen molar-refractivity contribution in [3.05, 3.63) is 54.2 Å². The Kier molecular flexibility index (Phi) is 3.86. The van der Waals surface area contributed by atoms with Gasteiger partial charge in [-0.3, -0.25) is 0 Å². The number of hydrogen-bond acceptors (Lipinski definition) is 4. The highest BCUT2D eigenvalue weighted by molar-refractivity contribution is 5.99. The molecule has 0 aliphatic carbocycles. The minimum absolute atomic E-state index is 0.370. The van der Waals surface area contributed by atoms with Crippen LogP contribution in [0.5, 0.6) is 5.88 Å². The van der Waals surface area contributed by atoms with Crippen LogP contribution in [0.1, 0.15) is 26.3 Å². The molecule has 3 aromatic rings. The van der Waals surface area contributed by atoms with E-state index in [2.05, 4.69) is 11.1 Å². The lowest BCUT2D eigenvalue weighted by atomic mass is 9.99. The maximum absolute atomic E-state index is 9.21. The van der Waals surface area contributed by atoms with E-state index in [0.29, 0.717) is 11.4 Å². The fourth-order valence-corrected chi connectivity index (χ4v) is 2.55. The minimum Gasteiger partial charge on any atom is -0.471 e. The molecule has 24 heavy (non-hydrogen) atoms. The minimum atomic E-state index is -0.370. The Bertz CT molecular complexity index is 932. The van der Waals surface area contributed by atoms with Crippen molar-refractivity contribution >= 4 is 16.5 Å².